The van der Waals surface area contributed by atoms with Crippen molar-refractivity contribution < 1.29 is 14.6 Å². The minimum Gasteiger partial charge on any atom is -0.504 e. The molecule has 4 nitrogen and oxygen atoms in total. The van der Waals surface area contributed by atoms with Crippen LogP contribution in [-0.4, -0.2) is 19.3 Å². The number of methoxy groups -OCH3 is 2. The summed E-state index contributed by atoms with van der Waals surface area (Å²) in [5.41, 5.74) is 1.98. The Bertz CT molecular complexity index is 566. The van der Waals surface area contributed by atoms with E-state index in [0.29, 0.717) is 5.75 Å². The Balaban J connectivity index is 2.10. The molecule has 0 saturated heterocycles. The SMILES string of the molecule is COc1ccc(C(C)Nc2ccc(OC)c(O)c2)cc1. The van der Waals surface area contributed by atoms with Gasteiger partial charge in [0.05, 0.1) is 14.2 Å². The molecule has 2 N–H and O–H groups in total. The highest BCUT2D eigenvalue weighted by molar-refractivity contribution is 5.55. The number of aromatic hydroxyl groups is 1. The van der Waals surface area contributed by atoms with Gasteiger partial charge in [0.1, 0.15) is 5.75 Å². The van der Waals surface area contributed by atoms with Gasteiger partial charge in [-0.15, -0.1) is 0 Å². The van der Waals surface area contributed by atoms with Crippen molar-refractivity contribution in [2.24, 2.45) is 0 Å². The molecule has 106 valence electrons. The van der Waals surface area contributed by atoms with E-state index in [1.54, 1.807) is 19.2 Å². The second kappa shape index (κ2) is 6.19. The maximum atomic E-state index is 9.76. The van der Waals surface area contributed by atoms with Gasteiger partial charge in [-0.1, -0.05) is 12.1 Å². The van der Waals surface area contributed by atoms with E-state index in [4.69, 9.17) is 9.47 Å². The van der Waals surface area contributed by atoms with E-state index < -0.39 is 0 Å². The Morgan fingerprint density at radius 2 is 1.70 bits per heavy atom. The van der Waals surface area contributed by atoms with Gasteiger partial charge in [0.25, 0.3) is 0 Å². The van der Waals surface area contributed by atoms with E-state index in [2.05, 4.69) is 12.2 Å². The number of hydrogen-bond donors (Lipinski definition) is 2. The Labute approximate surface area is 119 Å². The Hall–Kier alpha value is -2.36. The highest BCUT2D eigenvalue weighted by Crippen LogP contribution is 2.30. The molecule has 0 amide bonds. The lowest BCUT2D eigenvalue weighted by Crippen LogP contribution is -2.06. The summed E-state index contributed by atoms with van der Waals surface area (Å²) in [7, 11) is 3.18. The van der Waals surface area contributed by atoms with Crippen molar-refractivity contribution in [3.8, 4) is 17.2 Å². The molecular formula is C16H19NO3. The second-order valence-corrected chi connectivity index (χ2v) is 4.53. The van der Waals surface area contributed by atoms with Crippen LogP contribution in [-0.2, 0) is 0 Å². The maximum absolute atomic E-state index is 9.76. The van der Waals surface area contributed by atoms with Gasteiger partial charge in [0.2, 0.25) is 0 Å². The van der Waals surface area contributed by atoms with Gasteiger partial charge in [0.15, 0.2) is 11.5 Å². The minimum absolute atomic E-state index is 0.119. The molecule has 0 radical (unpaired) electrons. The molecule has 0 aliphatic rings. The molecular weight excluding hydrogens is 254 g/mol. The van der Waals surface area contributed by atoms with Crippen LogP contribution in [0.15, 0.2) is 42.5 Å². The van der Waals surface area contributed by atoms with Crippen LogP contribution in [0.5, 0.6) is 17.2 Å². The summed E-state index contributed by atoms with van der Waals surface area (Å²) >= 11 is 0. The van der Waals surface area contributed by atoms with Gasteiger partial charge >= 0.3 is 0 Å². The Kier molecular flexibility index (Phi) is 4.35. The third-order valence-electron chi connectivity index (χ3n) is 3.18. The lowest BCUT2D eigenvalue weighted by Gasteiger charge is -2.16. The molecule has 2 rings (SSSR count). The van der Waals surface area contributed by atoms with Crippen LogP contribution in [0.2, 0.25) is 0 Å². The average Bonchev–Trinajstić information content (AvgIpc) is 2.47. The predicted octanol–water partition coefficient (Wildman–Crippen LogP) is 3.58. The number of benzene rings is 2. The van der Waals surface area contributed by atoms with Crippen molar-refractivity contribution in [3.63, 3.8) is 0 Å². The van der Waals surface area contributed by atoms with E-state index in [1.807, 2.05) is 30.3 Å². The smallest absolute Gasteiger partial charge is 0.160 e. The normalized spacial score (nSPS) is 11.8. The van der Waals surface area contributed by atoms with Gasteiger partial charge in [-0.05, 0) is 36.8 Å². The summed E-state index contributed by atoms with van der Waals surface area (Å²) in [5, 5.41) is 13.1. The fraction of sp³-hybridized carbons (Fsp3) is 0.250. The van der Waals surface area contributed by atoms with Crippen LogP contribution in [0.25, 0.3) is 0 Å². The molecule has 0 saturated carbocycles. The van der Waals surface area contributed by atoms with Gasteiger partial charge in [0, 0.05) is 17.8 Å². The summed E-state index contributed by atoms with van der Waals surface area (Å²) in [6.07, 6.45) is 0. The molecule has 2 aromatic rings. The summed E-state index contributed by atoms with van der Waals surface area (Å²) in [6, 6.07) is 13.3. The Morgan fingerprint density at radius 3 is 2.25 bits per heavy atom. The first-order valence-electron chi connectivity index (χ1n) is 6.41. The highest BCUT2D eigenvalue weighted by atomic mass is 16.5. The van der Waals surface area contributed by atoms with Crippen molar-refractivity contribution in [2.45, 2.75) is 13.0 Å². The molecule has 4 heteroatoms. The number of anilines is 1. The number of rotatable bonds is 5. The predicted molar refractivity (Wildman–Crippen MR) is 79.7 cm³/mol. The summed E-state index contributed by atoms with van der Waals surface area (Å²) in [6.45, 7) is 2.06. The number of phenolic OH excluding ortho intramolecular Hbond substituents is 1. The lowest BCUT2D eigenvalue weighted by molar-refractivity contribution is 0.373. The van der Waals surface area contributed by atoms with Crippen molar-refractivity contribution in [3.05, 3.63) is 48.0 Å². The van der Waals surface area contributed by atoms with Crippen LogP contribution in [0.4, 0.5) is 5.69 Å². The molecule has 0 aliphatic carbocycles. The minimum atomic E-state index is 0.119. The summed E-state index contributed by atoms with van der Waals surface area (Å²) in [4.78, 5) is 0. The fourth-order valence-corrected chi connectivity index (χ4v) is 2.01. The fourth-order valence-electron chi connectivity index (χ4n) is 2.01. The van der Waals surface area contributed by atoms with Crippen molar-refractivity contribution in [1.29, 1.82) is 0 Å². The zero-order valence-electron chi connectivity index (χ0n) is 11.9. The molecule has 1 atom stereocenters. The Morgan fingerprint density at radius 1 is 1.00 bits per heavy atom. The van der Waals surface area contributed by atoms with Gasteiger partial charge in [-0.2, -0.15) is 0 Å². The van der Waals surface area contributed by atoms with Crippen LogP contribution < -0.4 is 14.8 Å². The van der Waals surface area contributed by atoms with Gasteiger partial charge in [-0.3, -0.25) is 0 Å². The summed E-state index contributed by atoms with van der Waals surface area (Å²) < 4.78 is 10.2. The highest BCUT2D eigenvalue weighted by Gasteiger charge is 2.08. The molecule has 2 aromatic carbocycles. The van der Waals surface area contributed by atoms with E-state index in [9.17, 15) is 5.11 Å². The van der Waals surface area contributed by atoms with Gasteiger partial charge < -0.3 is 19.9 Å². The third-order valence-corrected chi connectivity index (χ3v) is 3.18. The van der Waals surface area contributed by atoms with Crippen molar-refractivity contribution in [2.75, 3.05) is 19.5 Å². The summed E-state index contributed by atoms with van der Waals surface area (Å²) in [5.74, 6) is 1.43. The van der Waals surface area contributed by atoms with E-state index >= 15 is 0 Å². The third kappa shape index (κ3) is 3.15. The van der Waals surface area contributed by atoms with E-state index in [1.165, 1.54) is 7.11 Å². The number of nitrogens with one attached hydrogen (secondary N) is 1. The number of hydrogen-bond acceptors (Lipinski definition) is 4. The molecule has 0 heterocycles. The maximum Gasteiger partial charge on any atom is 0.160 e. The van der Waals surface area contributed by atoms with Crippen LogP contribution in [0, 0.1) is 0 Å². The van der Waals surface area contributed by atoms with Crippen molar-refractivity contribution in [1.82, 2.24) is 0 Å². The van der Waals surface area contributed by atoms with Crippen LogP contribution in [0.1, 0.15) is 18.5 Å². The molecule has 20 heavy (non-hydrogen) atoms. The zero-order valence-corrected chi connectivity index (χ0v) is 11.9. The molecule has 0 aliphatic heterocycles. The number of ether oxygens (including phenoxy) is 2. The topological polar surface area (TPSA) is 50.7 Å². The second-order valence-electron chi connectivity index (χ2n) is 4.53. The van der Waals surface area contributed by atoms with Crippen LogP contribution >= 0.6 is 0 Å². The molecule has 0 spiro atoms. The van der Waals surface area contributed by atoms with E-state index in [-0.39, 0.29) is 11.8 Å². The van der Waals surface area contributed by atoms with Crippen molar-refractivity contribution >= 4 is 5.69 Å². The first kappa shape index (κ1) is 14.1. The van der Waals surface area contributed by atoms with E-state index in [0.717, 1.165) is 17.0 Å². The standard InChI is InChI=1S/C16H19NO3/c1-11(12-4-7-14(19-2)8-5-12)17-13-6-9-16(20-3)15(18)10-13/h4-11,17-18H,1-3H3. The van der Waals surface area contributed by atoms with Crippen LogP contribution in [0.3, 0.4) is 0 Å². The molecule has 0 fully saturated rings. The monoisotopic (exact) mass is 273 g/mol. The molecule has 0 aromatic heterocycles. The number of phenols is 1. The first-order chi connectivity index (χ1) is 9.63. The molecule has 0 bridgehead atoms. The first-order valence-corrected chi connectivity index (χ1v) is 6.41. The lowest BCUT2D eigenvalue weighted by atomic mass is 10.1. The zero-order chi connectivity index (χ0) is 14.5. The largest absolute Gasteiger partial charge is 0.504 e. The van der Waals surface area contributed by atoms with Gasteiger partial charge in [-0.25, -0.2) is 0 Å². The molecule has 1 unspecified atom stereocenters. The quantitative estimate of drug-likeness (QED) is 0.874. The average molecular weight is 273 g/mol.